The van der Waals surface area contributed by atoms with E-state index in [1.165, 1.54) is 0 Å². The van der Waals surface area contributed by atoms with Gasteiger partial charge in [0.25, 0.3) is 0 Å². The lowest BCUT2D eigenvalue weighted by atomic mass is 10.0. The fourth-order valence-electron chi connectivity index (χ4n) is 2.88. The first-order valence-electron chi connectivity index (χ1n) is 7.48. The number of nitrogens with zero attached hydrogens (tertiary/aromatic N) is 1. The zero-order chi connectivity index (χ0) is 14.5. The molecule has 3 nitrogen and oxygen atoms in total. The second-order valence-electron chi connectivity index (χ2n) is 5.43. The van der Waals surface area contributed by atoms with Crippen LogP contribution < -0.4 is 10.1 Å². The van der Waals surface area contributed by atoms with Gasteiger partial charge in [-0.2, -0.15) is 0 Å². The highest BCUT2D eigenvalue weighted by atomic mass is 35.5. The highest BCUT2D eigenvalue weighted by Gasteiger charge is 2.27. The number of piperazine rings is 1. The third kappa shape index (κ3) is 3.46. The molecular weight excluding hydrogens is 272 g/mol. The van der Waals surface area contributed by atoms with Crippen LogP contribution in [-0.2, 0) is 6.54 Å². The molecule has 112 valence electrons. The van der Waals surface area contributed by atoms with Gasteiger partial charge < -0.3 is 10.1 Å². The third-order valence-corrected chi connectivity index (χ3v) is 4.59. The first-order valence-corrected chi connectivity index (χ1v) is 7.86. The zero-order valence-corrected chi connectivity index (χ0v) is 13.4. The van der Waals surface area contributed by atoms with Gasteiger partial charge in [0.05, 0.1) is 7.11 Å². The SMILES string of the molecule is CCC1CN(Cc2c(Cl)cccc2OC)C(CC)CN1. The summed E-state index contributed by atoms with van der Waals surface area (Å²) in [5.74, 6) is 0.888. The van der Waals surface area contributed by atoms with Gasteiger partial charge in [-0.3, -0.25) is 4.90 Å². The van der Waals surface area contributed by atoms with Crippen LogP contribution in [0.3, 0.4) is 0 Å². The Balaban J connectivity index is 2.18. The van der Waals surface area contributed by atoms with Gasteiger partial charge in [-0.15, -0.1) is 0 Å². The second kappa shape index (κ2) is 7.30. The van der Waals surface area contributed by atoms with Gasteiger partial charge >= 0.3 is 0 Å². The predicted octanol–water partition coefficient (Wildman–Crippen LogP) is 3.31. The average Bonchev–Trinajstić information content (AvgIpc) is 2.49. The normalized spacial score (nSPS) is 23.8. The molecule has 0 aliphatic carbocycles. The Bertz CT molecular complexity index is 438. The molecule has 20 heavy (non-hydrogen) atoms. The molecule has 1 aromatic carbocycles. The van der Waals surface area contributed by atoms with E-state index in [-0.39, 0.29) is 0 Å². The Morgan fingerprint density at radius 2 is 2.15 bits per heavy atom. The molecule has 2 rings (SSSR count). The van der Waals surface area contributed by atoms with E-state index in [1.54, 1.807) is 7.11 Å². The number of ether oxygens (including phenoxy) is 1. The van der Waals surface area contributed by atoms with E-state index >= 15 is 0 Å². The third-order valence-electron chi connectivity index (χ3n) is 4.23. The van der Waals surface area contributed by atoms with Gasteiger partial charge in [0, 0.05) is 42.3 Å². The van der Waals surface area contributed by atoms with Crippen LogP contribution in [0.4, 0.5) is 0 Å². The van der Waals surface area contributed by atoms with Crippen molar-refractivity contribution in [3.8, 4) is 5.75 Å². The van der Waals surface area contributed by atoms with E-state index in [0.717, 1.165) is 48.8 Å². The number of benzene rings is 1. The van der Waals surface area contributed by atoms with Gasteiger partial charge in [0.15, 0.2) is 0 Å². The maximum atomic E-state index is 6.37. The monoisotopic (exact) mass is 296 g/mol. The fourth-order valence-corrected chi connectivity index (χ4v) is 3.11. The molecule has 0 bridgehead atoms. The van der Waals surface area contributed by atoms with E-state index in [1.807, 2.05) is 18.2 Å². The summed E-state index contributed by atoms with van der Waals surface area (Å²) in [4.78, 5) is 2.54. The van der Waals surface area contributed by atoms with Crippen LogP contribution in [0, 0.1) is 0 Å². The number of hydrogen-bond acceptors (Lipinski definition) is 3. The molecular formula is C16H25ClN2O. The second-order valence-corrected chi connectivity index (χ2v) is 5.83. The smallest absolute Gasteiger partial charge is 0.124 e. The Morgan fingerprint density at radius 3 is 2.80 bits per heavy atom. The zero-order valence-electron chi connectivity index (χ0n) is 12.7. The molecule has 4 heteroatoms. The predicted molar refractivity (Wildman–Crippen MR) is 84.6 cm³/mol. The highest BCUT2D eigenvalue weighted by Crippen LogP contribution is 2.29. The minimum atomic E-state index is 0.568. The number of methoxy groups -OCH3 is 1. The van der Waals surface area contributed by atoms with E-state index in [0.29, 0.717) is 12.1 Å². The van der Waals surface area contributed by atoms with Crippen molar-refractivity contribution in [1.29, 1.82) is 0 Å². The largest absolute Gasteiger partial charge is 0.496 e. The minimum Gasteiger partial charge on any atom is -0.496 e. The lowest BCUT2D eigenvalue weighted by molar-refractivity contribution is 0.116. The first kappa shape index (κ1) is 15.6. The molecule has 0 aromatic heterocycles. The summed E-state index contributed by atoms with van der Waals surface area (Å²) in [6.07, 6.45) is 2.31. The Kier molecular flexibility index (Phi) is 5.70. The molecule has 1 aliphatic rings. The standard InChI is InChI=1S/C16H25ClN2O/c1-4-12-10-19(13(5-2)9-18-12)11-14-15(17)7-6-8-16(14)20-3/h6-8,12-13,18H,4-5,9-11H2,1-3H3. The molecule has 0 spiro atoms. The van der Waals surface area contributed by atoms with Crippen LogP contribution in [0.2, 0.25) is 5.02 Å². The van der Waals surface area contributed by atoms with Crippen LogP contribution in [0.5, 0.6) is 5.75 Å². The summed E-state index contributed by atoms with van der Waals surface area (Å²) < 4.78 is 5.46. The summed E-state index contributed by atoms with van der Waals surface area (Å²) in [6, 6.07) is 7.01. The molecule has 0 radical (unpaired) electrons. The van der Waals surface area contributed by atoms with E-state index in [2.05, 4.69) is 24.1 Å². The topological polar surface area (TPSA) is 24.5 Å². The molecule has 1 saturated heterocycles. The summed E-state index contributed by atoms with van der Waals surface area (Å²) in [5.41, 5.74) is 1.10. The molecule has 0 amide bonds. The lowest BCUT2D eigenvalue weighted by Crippen LogP contribution is -2.55. The first-order chi connectivity index (χ1) is 9.69. The van der Waals surface area contributed by atoms with Crippen molar-refractivity contribution in [3.05, 3.63) is 28.8 Å². The maximum absolute atomic E-state index is 6.37. The van der Waals surface area contributed by atoms with Crippen molar-refractivity contribution < 1.29 is 4.74 Å². The van der Waals surface area contributed by atoms with Gasteiger partial charge in [-0.1, -0.05) is 31.5 Å². The molecule has 2 atom stereocenters. The van der Waals surface area contributed by atoms with E-state index in [4.69, 9.17) is 16.3 Å². The summed E-state index contributed by atoms with van der Waals surface area (Å²) >= 11 is 6.37. The summed E-state index contributed by atoms with van der Waals surface area (Å²) in [5, 5.41) is 4.42. The Hall–Kier alpha value is -0.770. The summed E-state index contributed by atoms with van der Waals surface area (Å²) in [7, 11) is 1.71. The molecule has 1 aromatic rings. The van der Waals surface area contributed by atoms with E-state index < -0.39 is 0 Å². The lowest BCUT2D eigenvalue weighted by Gasteiger charge is -2.40. The van der Waals surface area contributed by atoms with Crippen molar-refractivity contribution in [2.24, 2.45) is 0 Å². The molecule has 1 aliphatic heterocycles. The number of rotatable bonds is 5. The van der Waals surface area contributed by atoms with Gasteiger partial charge in [-0.05, 0) is 25.0 Å². The van der Waals surface area contributed by atoms with Crippen LogP contribution in [0.1, 0.15) is 32.3 Å². The van der Waals surface area contributed by atoms with Gasteiger partial charge in [0.2, 0.25) is 0 Å². The van der Waals surface area contributed by atoms with Crippen molar-refractivity contribution >= 4 is 11.6 Å². The Labute approximate surface area is 127 Å². The van der Waals surface area contributed by atoms with Crippen molar-refractivity contribution in [2.45, 2.75) is 45.3 Å². The fraction of sp³-hybridized carbons (Fsp3) is 0.625. The summed E-state index contributed by atoms with van der Waals surface area (Å²) in [6.45, 7) is 7.47. The average molecular weight is 297 g/mol. The van der Waals surface area contributed by atoms with E-state index in [9.17, 15) is 0 Å². The molecule has 1 N–H and O–H groups in total. The number of halogens is 1. The Morgan fingerprint density at radius 1 is 1.35 bits per heavy atom. The van der Waals surface area contributed by atoms with Crippen molar-refractivity contribution in [3.63, 3.8) is 0 Å². The molecule has 2 unspecified atom stereocenters. The van der Waals surface area contributed by atoms with Crippen molar-refractivity contribution in [1.82, 2.24) is 10.2 Å². The molecule has 1 heterocycles. The van der Waals surface area contributed by atoms with Crippen LogP contribution in [0.15, 0.2) is 18.2 Å². The quantitative estimate of drug-likeness (QED) is 0.902. The van der Waals surface area contributed by atoms with Crippen LogP contribution in [-0.4, -0.2) is 37.2 Å². The van der Waals surface area contributed by atoms with Gasteiger partial charge in [-0.25, -0.2) is 0 Å². The molecule has 1 fully saturated rings. The number of hydrogen-bond donors (Lipinski definition) is 1. The van der Waals surface area contributed by atoms with Crippen LogP contribution >= 0.6 is 11.6 Å². The maximum Gasteiger partial charge on any atom is 0.124 e. The van der Waals surface area contributed by atoms with Gasteiger partial charge in [0.1, 0.15) is 5.75 Å². The number of nitrogens with one attached hydrogen (secondary N) is 1. The highest BCUT2D eigenvalue weighted by molar-refractivity contribution is 6.31. The van der Waals surface area contributed by atoms with Crippen LogP contribution in [0.25, 0.3) is 0 Å². The van der Waals surface area contributed by atoms with Crippen molar-refractivity contribution in [2.75, 3.05) is 20.2 Å². The minimum absolute atomic E-state index is 0.568. The molecule has 0 saturated carbocycles.